The van der Waals surface area contributed by atoms with Gasteiger partial charge in [-0.25, -0.2) is 4.52 Å². The predicted molar refractivity (Wildman–Crippen MR) is 90.8 cm³/mol. The minimum atomic E-state index is 0.0331. The van der Waals surface area contributed by atoms with Crippen LogP contribution in [0.5, 0.6) is 0 Å². The summed E-state index contributed by atoms with van der Waals surface area (Å²) >= 11 is 1.31. The first kappa shape index (κ1) is 15.3. The van der Waals surface area contributed by atoms with Crippen molar-refractivity contribution in [1.29, 1.82) is 5.26 Å². The Morgan fingerprint density at radius 2 is 2.09 bits per heavy atom. The minimum Gasteiger partial charge on any atom is -0.293 e. The van der Waals surface area contributed by atoms with Gasteiger partial charge in [0, 0.05) is 11.8 Å². The molecule has 0 aliphatic heterocycles. The number of hydrogen-bond acceptors (Lipinski definition) is 4. The number of Topliss-reactive ketones (excluding diaryl/α,β-unsaturated/α-hetero) is 1. The molecule has 0 spiro atoms. The molecule has 0 aliphatic rings. The van der Waals surface area contributed by atoms with Crippen LogP contribution in [0, 0.1) is 11.3 Å². The van der Waals surface area contributed by atoms with Gasteiger partial charge in [-0.2, -0.15) is 10.4 Å². The molecule has 1 aromatic carbocycles. The number of nitrogens with zero attached hydrogens (tertiary/aromatic N) is 3. The van der Waals surface area contributed by atoms with Crippen molar-refractivity contribution in [1.82, 2.24) is 9.61 Å². The highest BCUT2D eigenvalue weighted by molar-refractivity contribution is 8.00. The fourth-order valence-electron chi connectivity index (χ4n) is 2.34. The van der Waals surface area contributed by atoms with Crippen molar-refractivity contribution in [2.24, 2.45) is 0 Å². The van der Waals surface area contributed by atoms with Gasteiger partial charge in [-0.3, -0.25) is 4.79 Å². The van der Waals surface area contributed by atoms with Gasteiger partial charge in [0.25, 0.3) is 0 Å². The molecular formula is C18H15N3OS. The fraction of sp³-hybridized carbons (Fsp3) is 0.167. The van der Waals surface area contributed by atoms with Crippen molar-refractivity contribution in [3.8, 4) is 6.07 Å². The van der Waals surface area contributed by atoms with Crippen molar-refractivity contribution >= 4 is 23.1 Å². The third kappa shape index (κ3) is 3.13. The van der Waals surface area contributed by atoms with Crippen LogP contribution in [-0.4, -0.2) is 21.2 Å². The van der Waals surface area contributed by atoms with Crippen LogP contribution in [0.3, 0.4) is 0 Å². The molecule has 2 aromatic heterocycles. The quantitative estimate of drug-likeness (QED) is 0.530. The molecule has 3 rings (SSSR count). The summed E-state index contributed by atoms with van der Waals surface area (Å²) in [6.45, 7) is 2.07. The van der Waals surface area contributed by atoms with Gasteiger partial charge in [0.15, 0.2) is 5.78 Å². The molecule has 0 saturated heterocycles. The second kappa shape index (κ2) is 6.67. The summed E-state index contributed by atoms with van der Waals surface area (Å²) in [7, 11) is 0. The van der Waals surface area contributed by atoms with E-state index < -0.39 is 0 Å². The van der Waals surface area contributed by atoms with Crippen LogP contribution < -0.4 is 0 Å². The first-order valence-electron chi connectivity index (χ1n) is 7.35. The zero-order valence-electron chi connectivity index (χ0n) is 12.7. The number of fused-ring (bicyclic) bond motifs is 1. The molecular weight excluding hydrogens is 306 g/mol. The maximum absolute atomic E-state index is 12.2. The van der Waals surface area contributed by atoms with E-state index in [0.29, 0.717) is 16.2 Å². The van der Waals surface area contributed by atoms with E-state index in [1.165, 1.54) is 11.8 Å². The fourth-order valence-corrected chi connectivity index (χ4v) is 3.21. The van der Waals surface area contributed by atoms with E-state index in [1.807, 2.05) is 36.5 Å². The number of benzene rings is 1. The lowest BCUT2D eigenvalue weighted by Crippen LogP contribution is -2.02. The highest BCUT2D eigenvalue weighted by atomic mass is 32.2. The minimum absolute atomic E-state index is 0.0331. The largest absolute Gasteiger partial charge is 0.293 e. The second-order valence-electron chi connectivity index (χ2n) is 5.09. The van der Waals surface area contributed by atoms with E-state index in [9.17, 15) is 10.1 Å². The average molecular weight is 321 g/mol. The van der Waals surface area contributed by atoms with Crippen molar-refractivity contribution in [2.45, 2.75) is 18.4 Å². The summed E-state index contributed by atoms with van der Waals surface area (Å²) < 4.78 is 1.70. The lowest BCUT2D eigenvalue weighted by molar-refractivity contribution is 0.102. The van der Waals surface area contributed by atoms with Crippen LogP contribution in [0.2, 0.25) is 0 Å². The smallest absolute Gasteiger partial charge is 0.173 e. The van der Waals surface area contributed by atoms with Gasteiger partial charge < -0.3 is 0 Å². The number of hydrogen-bond donors (Lipinski definition) is 0. The number of thioether (sulfide) groups is 1. The third-order valence-electron chi connectivity index (χ3n) is 3.62. The van der Waals surface area contributed by atoms with Crippen molar-refractivity contribution in [2.75, 3.05) is 5.75 Å². The van der Waals surface area contributed by atoms with Crippen molar-refractivity contribution in [3.63, 3.8) is 0 Å². The summed E-state index contributed by atoms with van der Waals surface area (Å²) in [5.41, 5.74) is 3.16. The van der Waals surface area contributed by atoms with Crippen LogP contribution in [-0.2, 0) is 6.42 Å². The second-order valence-corrected chi connectivity index (χ2v) is 6.05. The SMILES string of the molecule is CCc1ccn2nc(SCC(=O)c3ccccc3)c(C#N)c2c1. The Kier molecular flexibility index (Phi) is 4.45. The highest BCUT2D eigenvalue weighted by Gasteiger charge is 2.15. The number of aromatic nitrogens is 2. The summed E-state index contributed by atoms with van der Waals surface area (Å²) in [6, 6.07) is 15.3. The molecule has 114 valence electrons. The molecule has 0 saturated carbocycles. The van der Waals surface area contributed by atoms with Crippen LogP contribution in [0.4, 0.5) is 0 Å². The van der Waals surface area contributed by atoms with E-state index in [2.05, 4.69) is 18.1 Å². The molecule has 0 atom stereocenters. The molecule has 0 amide bonds. The molecule has 0 aliphatic carbocycles. The van der Waals surface area contributed by atoms with E-state index in [4.69, 9.17) is 0 Å². The molecule has 5 heteroatoms. The standard InChI is InChI=1S/C18H15N3OS/c1-2-13-8-9-21-16(10-13)15(11-19)18(20-21)23-12-17(22)14-6-4-3-5-7-14/h3-10H,2,12H2,1H3. The number of carbonyl (C=O) groups is 1. The number of pyridine rings is 1. The van der Waals surface area contributed by atoms with Crippen molar-refractivity contribution in [3.05, 3.63) is 65.4 Å². The summed E-state index contributed by atoms with van der Waals surface area (Å²) in [5.74, 6) is 0.300. The first-order chi connectivity index (χ1) is 11.2. The molecule has 2 heterocycles. The van der Waals surface area contributed by atoms with Gasteiger partial charge in [0.05, 0.1) is 11.3 Å². The van der Waals surface area contributed by atoms with Crippen LogP contribution in [0.1, 0.15) is 28.4 Å². The van der Waals surface area contributed by atoms with Gasteiger partial charge in [-0.1, -0.05) is 49.0 Å². The summed E-state index contributed by atoms with van der Waals surface area (Å²) in [5, 5.41) is 14.5. The number of ketones is 1. The lowest BCUT2D eigenvalue weighted by atomic mass is 10.2. The monoisotopic (exact) mass is 321 g/mol. The Bertz CT molecular complexity index is 894. The molecule has 0 unspecified atom stereocenters. The predicted octanol–water partition coefficient (Wildman–Crippen LogP) is 3.74. The zero-order chi connectivity index (χ0) is 16.2. The Labute approximate surface area is 138 Å². The van der Waals surface area contributed by atoms with E-state index >= 15 is 0 Å². The molecule has 23 heavy (non-hydrogen) atoms. The first-order valence-corrected chi connectivity index (χ1v) is 8.34. The van der Waals surface area contributed by atoms with Gasteiger partial charge in [-0.05, 0) is 24.1 Å². The van der Waals surface area contributed by atoms with E-state index in [-0.39, 0.29) is 11.5 Å². The number of aryl methyl sites for hydroxylation is 1. The average Bonchev–Trinajstić information content (AvgIpc) is 2.96. The molecule has 3 aromatic rings. The molecule has 4 nitrogen and oxygen atoms in total. The van der Waals surface area contributed by atoms with Crippen LogP contribution >= 0.6 is 11.8 Å². The Balaban J connectivity index is 1.86. The molecule has 0 bridgehead atoms. The van der Waals surface area contributed by atoms with Gasteiger partial charge in [0.1, 0.15) is 16.7 Å². The number of nitriles is 1. The van der Waals surface area contributed by atoms with E-state index in [0.717, 1.165) is 17.5 Å². The van der Waals surface area contributed by atoms with Gasteiger partial charge in [0.2, 0.25) is 0 Å². The maximum atomic E-state index is 12.2. The van der Waals surface area contributed by atoms with E-state index in [1.54, 1.807) is 16.6 Å². The highest BCUT2D eigenvalue weighted by Crippen LogP contribution is 2.26. The number of rotatable bonds is 5. The van der Waals surface area contributed by atoms with Crippen molar-refractivity contribution < 1.29 is 4.79 Å². The Hall–Kier alpha value is -2.58. The molecule has 0 fully saturated rings. The third-order valence-corrected chi connectivity index (χ3v) is 4.59. The molecule has 0 N–H and O–H groups in total. The Morgan fingerprint density at radius 1 is 1.30 bits per heavy atom. The Morgan fingerprint density at radius 3 is 2.78 bits per heavy atom. The summed E-state index contributed by atoms with van der Waals surface area (Å²) in [6.07, 6.45) is 2.76. The topological polar surface area (TPSA) is 58.2 Å². The number of carbonyl (C=O) groups excluding carboxylic acids is 1. The normalized spacial score (nSPS) is 10.6. The zero-order valence-corrected chi connectivity index (χ0v) is 13.5. The van der Waals surface area contributed by atoms with Crippen LogP contribution in [0.15, 0.2) is 53.7 Å². The van der Waals surface area contributed by atoms with Gasteiger partial charge in [-0.15, -0.1) is 0 Å². The lowest BCUT2D eigenvalue weighted by Gasteiger charge is -1.99. The molecule has 0 radical (unpaired) electrons. The summed E-state index contributed by atoms with van der Waals surface area (Å²) in [4.78, 5) is 12.2. The van der Waals surface area contributed by atoms with Crippen LogP contribution in [0.25, 0.3) is 5.52 Å². The van der Waals surface area contributed by atoms with Gasteiger partial charge >= 0.3 is 0 Å². The maximum Gasteiger partial charge on any atom is 0.173 e.